The molecule has 2 amide bonds. The van der Waals surface area contributed by atoms with Gasteiger partial charge in [-0.05, 0) is 25.5 Å². The number of nitrogens with one attached hydrogen (secondary N) is 1. The summed E-state index contributed by atoms with van der Waals surface area (Å²) in [5.41, 5.74) is 0.695. The van der Waals surface area contributed by atoms with Gasteiger partial charge in [-0.2, -0.15) is 0 Å². The SMILES string of the molecule is CCC1C(=O)NCCN1C(=O)c1sc(-c2ccc(Cl)s2)nc1C. The number of carbonyl (C=O) groups is 2. The predicted molar refractivity (Wildman–Crippen MR) is 93.3 cm³/mol. The van der Waals surface area contributed by atoms with E-state index in [0.29, 0.717) is 34.4 Å². The van der Waals surface area contributed by atoms with Crippen LogP contribution in [0.25, 0.3) is 9.88 Å². The Balaban J connectivity index is 1.90. The van der Waals surface area contributed by atoms with E-state index in [1.165, 1.54) is 22.7 Å². The maximum Gasteiger partial charge on any atom is 0.266 e. The number of aryl methyl sites for hydroxylation is 1. The van der Waals surface area contributed by atoms with E-state index in [9.17, 15) is 9.59 Å². The van der Waals surface area contributed by atoms with Crippen LogP contribution in [0.5, 0.6) is 0 Å². The number of hydrogen-bond donors (Lipinski definition) is 1. The van der Waals surface area contributed by atoms with Crippen molar-refractivity contribution in [3.63, 3.8) is 0 Å². The normalized spacial score (nSPS) is 18.1. The number of thiophene rings is 1. The van der Waals surface area contributed by atoms with E-state index in [2.05, 4.69) is 10.3 Å². The van der Waals surface area contributed by atoms with Gasteiger partial charge < -0.3 is 10.2 Å². The second kappa shape index (κ2) is 6.59. The molecule has 0 aromatic carbocycles. The molecule has 2 aromatic rings. The number of carbonyl (C=O) groups excluding carboxylic acids is 2. The number of thiazole rings is 1. The Morgan fingerprint density at radius 2 is 2.26 bits per heavy atom. The molecule has 122 valence electrons. The van der Waals surface area contributed by atoms with Crippen molar-refractivity contribution in [2.45, 2.75) is 26.3 Å². The molecule has 0 radical (unpaired) electrons. The highest BCUT2D eigenvalue weighted by atomic mass is 35.5. The van der Waals surface area contributed by atoms with Gasteiger partial charge >= 0.3 is 0 Å². The van der Waals surface area contributed by atoms with Crippen molar-refractivity contribution in [2.75, 3.05) is 13.1 Å². The topological polar surface area (TPSA) is 62.3 Å². The third kappa shape index (κ3) is 3.13. The predicted octanol–water partition coefficient (Wildman–Crippen LogP) is 3.18. The van der Waals surface area contributed by atoms with E-state index in [-0.39, 0.29) is 11.8 Å². The van der Waals surface area contributed by atoms with Crippen molar-refractivity contribution >= 4 is 46.1 Å². The van der Waals surface area contributed by atoms with Crippen molar-refractivity contribution in [2.24, 2.45) is 0 Å². The molecule has 1 aliphatic rings. The highest BCUT2D eigenvalue weighted by Crippen LogP contribution is 2.35. The maximum absolute atomic E-state index is 12.9. The second-order valence-corrected chi connectivity index (χ2v) is 7.97. The number of amides is 2. The standard InChI is InChI=1S/C15H16ClN3O2S2/c1-3-9-13(20)17-6-7-19(9)15(21)12-8(2)18-14(23-12)10-4-5-11(16)22-10/h4-5,9H,3,6-7H2,1-2H3,(H,17,20). The fraction of sp³-hybridized carbons (Fsp3) is 0.400. The first-order valence-electron chi connectivity index (χ1n) is 7.33. The summed E-state index contributed by atoms with van der Waals surface area (Å²) in [5, 5.41) is 3.60. The number of nitrogens with zero attached hydrogens (tertiary/aromatic N) is 2. The molecular formula is C15H16ClN3O2S2. The molecule has 0 spiro atoms. The van der Waals surface area contributed by atoms with E-state index in [4.69, 9.17) is 11.6 Å². The Bertz CT molecular complexity index is 756. The van der Waals surface area contributed by atoms with E-state index >= 15 is 0 Å². The fourth-order valence-electron chi connectivity index (χ4n) is 2.62. The zero-order valence-electron chi connectivity index (χ0n) is 12.8. The molecule has 0 bridgehead atoms. The minimum Gasteiger partial charge on any atom is -0.353 e. The molecule has 8 heteroatoms. The molecule has 1 saturated heterocycles. The second-order valence-electron chi connectivity index (χ2n) is 5.25. The molecule has 2 aromatic heterocycles. The molecule has 1 unspecified atom stereocenters. The minimum absolute atomic E-state index is 0.0838. The molecule has 1 atom stereocenters. The summed E-state index contributed by atoms with van der Waals surface area (Å²) in [7, 11) is 0. The Morgan fingerprint density at radius 1 is 1.48 bits per heavy atom. The lowest BCUT2D eigenvalue weighted by atomic mass is 10.1. The van der Waals surface area contributed by atoms with E-state index < -0.39 is 6.04 Å². The van der Waals surface area contributed by atoms with Crippen LogP contribution in [-0.4, -0.2) is 40.8 Å². The van der Waals surface area contributed by atoms with Crippen molar-refractivity contribution in [1.82, 2.24) is 15.2 Å². The fourth-order valence-corrected chi connectivity index (χ4v) is 4.74. The number of rotatable bonds is 3. The Labute approximate surface area is 147 Å². The van der Waals surface area contributed by atoms with Gasteiger partial charge in [0.15, 0.2) is 0 Å². The summed E-state index contributed by atoms with van der Waals surface area (Å²) in [6.45, 7) is 4.76. The number of hydrogen-bond acceptors (Lipinski definition) is 5. The molecule has 1 N–H and O–H groups in total. The molecule has 3 heterocycles. The average Bonchev–Trinajstić information content (AvgIpc) is 3.12. The molecular weight excluding hydrogens is 354 g/mol. The van der Waals surface area contributed by atoms with Crippen LogP contribution < -0.4 is 5.32 Å². The van der Waals surface area contributed by atoms with Gasteiger partial charge in [0.2, 0.25) is 5.91 Å². The first-order chi connectivity index (χ1) is 11.0. The maximum atomic E-state index is 12.9. The zero-order chi connectivity index (χ0) is 16.6. The lowest BCUT2D eigenvalue weighted by Crippen LogP contribution is -2.56. The Morgan fingerprint density at radius 3 is 2.91 bits per heavy atom. The van der Waals surface area contributed by atoms with Crippen LogP contribution >= 0.6 is 34.3 Å². The summed E-state index contributed by atoms with van der Waals surface area (Å²) in [6, 6.07) is 3.32. The van der Waals surface area contributed by atoms with Gasteiger partial charge in [0.25, 0.3) is 5.91 Å². The Kier molecular flexibility index (Phi) is 4.70. The number of piperazine rings is 1. The van der Waals surface area contributed by atoms with Crippen LogP contribution in [0, 0.1) is 6.92 Å². The average molecular weight is 370 g/mol. The molecule has 0 saturated carbocycles. The number of aromatic nitrogens is 1. The first kappa shape index (κ1) is 16.4. The third-order valence-corrected chi connectivity index (χ3v) is 6.30. The number of halogens is 1. The van der Waals surface area contributed by atoms with Crippen molar-refractivity contribution in [1.29, 1.82) is 0 Å². The smallest absolute Gasteiger partial charge is 0.266 e. The summed E-state index contributed by atoms with van der Waals surface area (Å²) in [5.74, 6) is -0.199. The molecule has 5 nitrogen and oxygen atoms in total. The van der Waals surface area contributed by atoms with Crippen molar-refractivity contribution in [3.05, 3.63) is 27.0 Å². The monoisotopic (exact) mass is 369 g/mol. The van der Waals surface area contributed by atoms with Gasteiger partial charge in [-0.1, -0.05) is 18.5 Å². The summed E-state index contributed by atoms with van der Waals surface area (Å²) in [4.78, 5) is 32.5. The van der Waals surface area contributed by atoms with E-state index in [0.717, 1.165) is 9.88 Å². The van der Waals surface area contributed by atoms with Crippen LogP contribution in [0.15, 0.2) is 12.1 Å². The quantitative estimate of drug-likeness (QED) is 0.903. The lowest BCUT2D eigenvalue weighted by molar-refractivity contribution is -0.127. The van der Waals surface area contributed by atoms with Gasteiger partial charge in [-0.15, -0.1) is 22.7 Å². The van der Waals surface area contributed by atoms with Gasteiger partial charge in [0.05, 0.1) is 14.9 Å². The largest absolute Gasteiger partial charge is 0.353 e. The summed E-state index contributed by atoms with van der Waals surface area (Å²) in [6.07, 6.45) is 0.600. The molecule has 1 aliphatic heterocycles. The van der Waals surface area contributed by atoms with Gasteiger partial charge in [0.1, 0.15) is 15.9 Å². The third-order valence-electron chi connectivity index (χ3n) is 3.75. The van der Waals surface area contributed by atoms with Crippen molar-refractivity contribution in [3.8, 4) is 9.88 Å². The van der Waals surface area contributed by atoms with E-state index in [1.807, 2.05) is 26.0 Å². The molecule has 1 fully saturated rings. The first-order valence-corrected chi connectivity index (χ1v) is 9.34. The molecule has 3 rings (SSSR count). The van der Waals surface area contributed by atoms with Crippen LogP contribution in [0.4, 0.5) is 0 Å². The van der Waals surface area contributed by atoms with Crippen LogP contribution in [0.1, 0.15) is 28.7 Å². The highest BCUT2D eigenvalue weighted by Gasteiger charge is 2.33. The molecule has 0 aliphatic carbocycles. The van der Waals surface area contributed by atoms with Crippen LogP contribution in [0.3, 0.4) is 0 Å². The Hall–Kier alpha value is -1.44. The highest BCUT2D eigenvalue weighted by molar-refractivity contribution is 7.24. The van der Waals surface area contributed by atoms with Gasteiger partial charge in [0, 0.05) is 13.1 Å². The minimum atomic E-state index is -0.405. The van der Waals surface area contributed by atoms with Crippen molar-refractivity contribution < 1.29 is 9.59 Å². The van der Waals surface area contributed by atoms with Gasteiger partial charge in [-0.25, -0.2) is 4.98 Å². The molecule has 23 heavy (non-hydrogen) atoms. The van der Waals surface area contributed by atoms with E-state index in [1.54, 1.807) is 4.90 Å². The summed E-state index contributed by atoms with van der Waals surface area (Å²) < 4.78 is 0.694. The lowest BCUT2D eigenvalue weighted by Gasteiger charge is -2.34. The van der Waals surface area contributed by atoms with Gasteiger partial charge in [-0.3, -0.25) is 9.59 Å². The zero-order valence-corrected chi connectivity index (χ0v) is 15.1. The van der Waals surface area contributed by atoms with Crippen LogP contribution in [0.2, 0.25) is 4.34 Å². The van der Waals surface area contributed by atoms with Crippen LogP contribution in [-0.2, 0) is 4.79 Å². The summed E-state index contributed by atoms with van der Waals surface area (Å²) >= 11 is 8.77.